The van der Waals surface area contributed by atoms with E-state index in [0.29, 0.717) is 18.4 Å². The molecule has 1 aromatic carbocycles. The number of rotatable bonds is 5. The lowest BCUT2D eigenvalue weighted by molar-refractivity contribution is -0.117. The molecule has 2 heterocycles. The van der Waals surface area contributed by atoms with Crippen molar-refractivity contribution in [3.05, 3.63) is 29.8 Å². The maximum Gasteiger partial charge on any atom is 0.321 e. The zero-order valence-corrected chi connectivity index (χ0v) is 16.1. The smallest absolute Gasteiger partial charge is 0.321 e. The molecule has 1 aliphatic heterocycles. The Hall–Kier alpha value is -2.59. The van der Waals surface area contributed by atoms with Gasteiger partial charge in [0, 0.05) is 20.1 Å². The number of imide groups is 1. The Morgan fingerprint density at radius 2 is 2.04 bits per heavy atom. The van der Waals surface area contributed by atoms with Crippen LogP contribution in [-0.2, 0) is 9.53 Å². The van der Waals surface area contributed by atoms with Crippen LogP contribution < -0.4 is 15.5 Å². The number of amides is 3. The number of aryl methyl sites for hydroxylation is 1. The maximum absolute atomic E-state index is 11.9. The zero-order chi connectivity index (χ0) is 19.2. The number of thioether (sulfide) groups is 1. The van der Waals surface area contributed by atoms with E-state index in [4.69, 9.17) is 4.74 Å². The van der Waals surface area contributed by atoms with E-state index in [1.54, 1.807) is 0 Å². The SMILES string of the molecule is CNC(=O)NC(=O)CSc1nnc(N2CCOCC2)n1-c1cccc(C)c1. The summed E-state index contributed by atoms with van der Waals surface area (Å²) in [6.07, 6.45) is 0. The highest BCUT2D eigenvalue weighted by Crippen LogP contribution is 2.27. The number of carbonyl (C=O) groups is 2. The Morgan fingerprint density at radius 3 is 2.74 bits per heavy atom. The van der Waals surface area contributed by atoms with Gasteiger partial charge in [0.15, 0.2) is 5.16 Å². The van der Waals surface area contributed by atoms with Crippen LogP contribution in [0.15, 0.2) is 29.4 Å². The molecule has 1 aliphatic rings. The predicted molar refractivity (Wildman–Crippen MR) is 102 cm³/mol. The second-order valence-corrected chi connectivity index (χ2v) is 6.91. The van der Waals surface area contributed by atoms with Crippen molar-refractivity contribution < 1.29 is 14.3 Å². The maximum atomic E-state index is 11.9. The van der Waals surface area contributed by atoms with E-state index in [2.05, 4.69) is 25.7 Å². The minimum Gasteiger partial charge on any atom is -0.378 e. The average Bonchev–Trinajstić information content (AvgIpc) is 3.11. The Morgan fingerprint density at radius 1 is 1.26 bits per heavy atom. The highest BCUT2D eigenvalue weighted by atomic mass is 32.2. The van der Waals surface area contributed by atoms with Gasteiger partial charge in [-0.25, -0.2) is 4.79 Å². The Bertz CT molecular complexity index is 819. The molecule has 0 saturated carbocycles. The average molecular weight is 390 g/mol. The Kier molecular flexibility index (Phi) is 6.30. The third-order valence-corrected chi connectivity index (χ3v) is 4.91. The molecule has 9 nitrogen and oxygen atoms in total. The first-order chi connectivity index (χ1) is 13.1. The normalized spacial score (nSPS) is 14.1. The quantitative estimate of drug-likeness (QED) is 0.733. The summed E-state index contributed by atoms with van der Waals surface area (Å²) in [5.41, 5.74) is 2.04. The van der Waals surface area contributed by atoms with Crippen LogP contribution in [-0.4, -0.2) is 65.8 Å². The zero-order valence-electron chi connectivity index (χ0n) is 15.3. The van der Waals surface area contributed by atoms with Crippen LogP contribution in [0.4, 0.5) is 10.7 Å². The van der Waals surface area contributed by atoms with Gasteiger partial charge in [-0.1, -0.05) is 23.9 Å². The molecular formula is C17H22N6O3S. The standard InChI is InChI=1S/C17H22N6O3S/c1-12-4-3-5-13(10-12)23-16(22-6-8-26-9-7-22)20-21-17(23)27-11-14(24)19-15(25)18-2/h3-5,10H,6-9,11H2,1-2H3,(H2,18,19,24,25). The number of carbonyl (C=O) groups excluding carboxylic acids is 2. The molecule has 0 atom stereocenters. The number of anilines is 1. The van der Waals surface area contributed by atoms with Crippen molar-refractivity contribution in [2.45, 2.75) is 12.1 Å². The van der Waals surface area contributed by atoms with Crippen LogP contribution >= 0.6 is 11.8 Å². The summed E-state index contributed by atoms with van der Waals surface area (Å²) in [4.78, 5) is 25.3. The Labute approximate surface area is 161 Å². The summed E-state index contributed by atoms with van der Waals surface area (Å²) >= 11 is 1.23. The van der Waals surface area contributed by atoms with Gasteiger partial charge in [0.25, 0.3) is 0 Å². The lowest BCUT2D eigenvalue weighted by atomic mass is 10.2. The van der Waals surface area contributed by atoms with E-state index >= 15 is 0 Å². The van der Waals surface area contributed by atoms with Gasteiger partial charge >= 0.3 is 6.03 Å². The molecule has 1 fully saturated rings. The van der Waals surface area contributed by atoms with E-state index in [1.165, 1.54) is 18.8 Å². The van der Waals surface area contributed by atoms with Crippen molar-refractivity contribution in [2.24, 2.45) is 0 Å². The first-order valence-corrected chi connectivity index (χ1v) is 9.56. The summed E-state index contributed by atoms with van der Waals surface area (Å²) in [5.74, 6) is 0.379. The van der Waals surface area contributed by atoms with Crippen molar-refractivity contribution in [3.63, 3.8) is 0 Å². The summed E-state index contributed by atoms with van der Waals surface area (Å²) in [7, 11) is 1.46. The second-order valence-electron chi connectivity index (χ2n) is 5.97. The van der Waals surface area contributed by atoms with E-state index in [9.17, 15) is 9.59 Å². The first-order valence-electron chi connectivity index (χ1n) is 8.58. The van der Waals surface area contributed by atoms with E-state index in [1.807, 2.05) is 35.8 Å². The van der Waals surface area contributed by atoms with Gasteiger partial charge in [-0.3, -0.25) is 14.7 Å². The molecule has 0 unspecified atom stereocenters. The van der Waals surface area contributed by atoms with Crippen LogP contribution in [0.1, 0.15) is 5.56 Å². The number of hydrogen-bond donors (Lipinski definition) is 2. The van der Waals surface area contributed by atoms with Crippen LogP contribution in [0.3, 0.4) is 0 Å². The van der Waals surface area contributed by atoms with Crippen LogP contribution in [0, 0.1) is 6.92 Å². The molecule has 0 radical (unpaired) electrons. The molecule has 10 heteroatoms. The summed E-state index contributed by atoms with van der Waals surface area (Å²) < 4.78 is 7.36. The molecule has 3 rings (SSSR count). The fourth-order valence-corrected chi connectivity index (χ4v) is 3.42. The van der Waals surface area contributed by atoms with Gasteiger partial charge in [-0.05, 0) is 24.6 Å². The van der Waals surface area contributed by atoms with Crippen LogP contribution in [0.25, 0.3) is 5.69 Å². The molecule has 1 saturated heterocycles. The number of nitrogens with zero attached hydrogens (tertiary/aromatic N) is 4. The number of benzene rings is 1. The van der Waals surface area contributed by atoms with Gasteiger partial charge < -0.3 is 15.0 Å². The molecule has 144 valence electrons. The molecule has 0 bridgehead atoms. The number of morpholine rings is 1. The van der Waals surface area contributed by atoms with Crippen molar-refractivity contribution in [2.75, 3.05) is 44.0 Å². The Balaban J connectivity index is 1.86. The molecule has 2 N–H and O–H groups in total. The molecule has 3 amide bonds. The molecule has 2 aromatic rings. The largest absolute Gasteiger partial charge is 0.378 e. The van der Waals surface area contributed by atoms with Crippen molar-refractivity contribution in [1.29, 1.82) is 0 Å². The van der Waals surface area contributed by atoms with Crippen LogP contribution in [0.5, 0.6) is 0 Å². The van der Waals surface area contributed by atoms with E-state index in [0.717, 1.165) is 30.3 Å². The minimum atomic E-state index is -0.533. The third kappa shape index (κ3) is 4.77. The fourth-order valence-electron chi connectivity index (χ4n) is 2.67. The first kappa shape index (κ1) is 19.2. The van der Waals surface area contributed by atoms with E-state index in [-0.39, 0.29) is 5.75 Å². The number of hydrogen-bond acceptors (Lipinski definition) is 7. The van der Waals surface area contributed by atoms with Gasteiger partial charge in [-0.2, -0.15) is 0 Å². The number of urea groups is 1. The van der Waals surface area contributed by atoms with Gasteiger partial charge in [0.1, 0.15) is 0 Å². The van der Waals surface area contributed by atoms with Gasteiger partial charge in [0.05, 0.1) is 24.7 Å². The van der Waals surface area contributed by atoms with E-state index < -0.39 is 11.9 Å². The molecular weight excluding hydrogens is 368 g/mol. The predicted octanol–water partition coefficient (Wildman–Crippen LogP) is 0.960. The second kappa shape index (κ2) is 8.87. The molecule has 27 heavy (non-hydrogen) atoms. The van der Waals surface area contributed by atoms with Crippen LogP contribution in [0.2, 0.25) is 0 Å². The summed E-state index contributed by atoms with van der Waals surface area (Å²) in [6.45, 7) is 4.75. The number of ether oxygens (including phenoxy) is 1. The van der Waals surface area contributed by atoms with Gasteiger partial charge in [-0.15, -0.1) is 10.2 Å². The lowest BCUT2D eigenvalue weighted by Gasteiger charge is -2.28. The molecule has 0 aliphatic carbocycles. The highest BCUT2D eigenvalue weighted by Gasteiger charge is 2.22. The summed E-state index contributed by atoms with van der Waals surface area (Å²) in [6, 6.07) is 7.48. The fraction of sp³-hybridized carbons (Fsp3) is 0.412. The monoisotopic (exact) mass is 390 g/mol. The van der Waals surface area contributed by atoms with Crippen molar-refractivity contribution in [3.8, 4) is 5.69 Å². The lowest BCUT2D eigenvalue weighted by Crippen LogP contribution is -2.38. The van der Waals surface area contributed by atoms with Gasteiger partial charge in [0.2, 0.25) is 11.9 Å². The van der Waals surface area contributed by atoms with Crippen molar-refractivity contribution >= 4 is 29.6 Å². The number of aromatic nitrogens is 3. The third-order valence-electron chi connectivity index (χ3n) is 3.98. The number of nitrogens with one attached hydrogen (secondary N) is 2. The summed E-state index contributed by atoms with van der Waals surface area (Å²) in [5, 5.41) is 13.8. The minimum absolute atomic E-state index is 0.0560. The molecule has 0 spiro atoms. The van der Waals surface area contributed by atoms with Crippen molar-refractivity contribution in [1.82, 2.24) is 25.4 Å². The topological polar surface area (TPSA) is 101 Å². The highest BCUT2D eigenvalue weighted by molar-refractivity contribution is 7.99. The molecule has 1 aromatic heterocycles.